The molecule has 0 saturated carbocycles. The second-order valence-corrected chi connectivity index (χ2v) is 8.74. The van der Waals surface area contributed by atoms with E-state index < -0.39 is 5.60 Å². The average Bonchev–Trinajstić information content (AvgIpc) is 2.65. The van der Waals surface area contributed by atoms with Crippen molar-refractivity contribution in [1.82, 2.24) is 9.80 Å². The van der Waals surface area contributed by atoms with Crippen LogP contribution in [0.4, 0.5) is 4.79 Å². The van der Waals surface area contributed by atoms with E-state index in [-0.39, 0.29) is 35.5 Å². The summed E-state index contributed by atoms with van der Waals surface area (Å²) in [6.45, 7) is 12.9. The standard InChI is InChI=1S/C21H34N4O3.HI/c1-20(2,3)28-19(26)25-12-10-24(11-13-25)18(22)23-15-21(4,5)16-8-7-9-17(14-16)27-6;/h7-9,14H,10-13,15H2,1-6H3,(H2,22,23);1H. The van der Waals surface area contributed by atoms with Crippen LogP contribution in [0.3, 0.4) is 0 Å². The summed E-state index contributed by atoms with van der Waals surface area (Å²) in [6.07, 6.45) is -0.276. The van der Waals surface area contributed by atoms with E-state index in [9.17, 15) is 4.79 Å². The lowest BCUT2D eigenvalue weighted by Crippen LogP contribution is -2.53. The second kappa shape index (κ2) is 10.4. The van der Waals surface area contributed by atoms with Gasteiger partial charge in [-0.3, -0.25) is 4.99 Å². The highest BCUT2D eigenvalue weighted by Crippen LogP contribution is 2.26. The molecule has 7 nitrogen and oxygen atoms in total. The minimum atomic E-state index is -0.486. The molecule has 1 aliphatic heterocycles. The molecule has 1 saturated heterocycles. The molecule has 1 fully saturated rings. The molecular formula is C21H35IN4O3. The first kappa shape index (κ1) is 25.3. The van der Waals surface area contributed by atoms with Crippen LogP contribution in [0.25, 0.3) is 0 Å². The van der Waals surface area contributed by atoms with Crippen LogP contribution in [0.15, 0.2) is 29.3 Å². The molecular weight excluding hydrogens is 483 g/mol. The summed E-state index contributed by atoms with van der Waals surface area (Å²) in [5.41, 5.74) is 6.73. The minimum Gasteiger partial charge on any atom is -0.497 e. The van der Waals surface area contributed by atoms with E-state index in [4.69, 9.17) is 15.2 Å². The van der Waals surface area contributed by atoms with Crippen molar-refractivity contribution in [2.45, 2.75) is 45.6 Å². The molecule has 8 heteroatoms. The van der Waals surface area contributed by atoms with Gasteiger partial charge in [-0.25, -0.2) is 4.79 Å². The van der Waals surface area contributed by atoms with Crippen molar-refractivity contribution < 1.29 is 14.3 Å². The Bertz CT molecular complexity index is 708. The van der Waals surface area contributed by atoms with Crippen LogP contribution in [0.5, 0.6) is 5.75 Å². The van der Waals surface area contributed by atoms with E-state index in [0.717, 1.165) is 11.3 Å². The molecule has 0 aromatic heterocycles. The Balaban J connectivity index is 0.00000420. The molecule has 2 N–H and O–H groups in total. The van der Waals surface area contributed by atoms with Gasteiger partial charge in [-0.2, -0.15) is 0 Å². The number of amides is 1. The van der Waals surface area contributed by atoms with Gasteiger partial charge in [0.25, 0.3) is 0 Å². The van der Waals surface area contributed by atoms with E-state index in [2.05, 4.69) is 24.9 Å². The van der Waals surface area contributed by atoms with Crippen LogP contribution < -0.4 is 10.5 Å². The molecule has 29 heavy (non-hydrogen) atoms. The van der Waals surface area contributed by atoms with Crippen LogP contribution >= 0.6 is 24.0 Å². The number of hydrogen-bond acceptors (Lipinski definition) is 4. The zero-order chi connectivity index (χ0) is 20.9. The molecule has 1 aromatic carbocycles. The Morgan fingerprint density at radius 3 is 2.24 bits per heavy atom. The number of methoxy groups -OCH3 is 1. The zero-order valence-electron chi connectivity index (χ0n) is 18.4. The van der Waals surface area contributed by atoms with Crippen LogP contribution in [0.1, 0.15) is 40.2 Å². The smallest absolute Gasteiger partial charge is 0.410 e. The van der Waals surface area contributed by atoms with Crippen LogP contribution in [0, 0.1) is 0 Å². The highest BCUT2D eigenvalue weighted by Gasteiger charge is 2.27. The first-order valence-electron chi connectivity index (χ1n) is 9.69. The third kappa shape index (κ3) is 7.56. The van der Waals surface area contributed by atoms with Gasteiger partial charge in [-0.15, -0.1) is 24.0 Å². The maximum atomic E-state index is 12.2. The number of nitrogens with two attached hydrogens (primary N) is 1. The van der Waals surface area contributed by atoms with E-state index in [0.29, 0.717) is 38.7 Å². The number of benzene rings is 1. The van der Waals surface area contributed by atoms with Crippen molar-refractivity contribution in [3.05, 3.63) is 29.8 Å². The fourth-order valence-corrected chi connectivity index (χ4v) is 2.96. The van der Waals surface area contributed by atoms with Crippen molar-refractivity contribution >= 4 is 36.0 Å². The topological polar surface area (TPSA) is 80.4 Å². The summed E-state index contributed by atoms with van der Waals surface area (Å²) in [6, 6.07) is 8.03. The molecule has 1 heterocycles. The molecule has 0 radical (unpaired) electrons. The molecule has 0 aliphatic carbocycles. The Kier molecular flexibility index (Phi) is 9.05. The molecule has 0 unspecified atom stereocenters. The van der Waals surface area contributed by atoms with Crippen molar-refractivity contribution in [2.75, 3.05) is 39.8 Å². The fraction of sp³-hybridized carbons (Fsp3) is 0.619. The normalized spacial score (nSPS) is 15.6. The second-order valence-electron chi connectivity index (χ2n) is 8.74. The monoisotopic (exact) mass is 518 g/mol. The molecule has 0 spiro atoms. The summed E-state index contributed by atoms with van der Waals surface area (Å²) in [7, 11) is 1.67. The number of nitrogens with zero attached hydrogens (tertiary/aromatic N) is 3. The van der Waals surface area contributed by atoms with Gasteiger partial charge in [0.15, 0.2) is 5.96 Å². The summed E-state index contributed by atoms with van der Waals surface area (Å²) in [5, 5.41) is 0. The molecule has 1 aliphatic rings. The Morgan fingerprint density at radius 1 is 1.10 bits per heavy atom. The van der Waals surface area contributed by atoms with Gasteiger partial charge in [-0.05, 0) is 38.5 Å². The third-order valence-electron chi connectivity index (χ3n) is 4.74. The van der Waals surface area contributed by atoms with Gasteiger partial charge < -0.3 is 25.0 Å². The number of hydrogen-bond donors (Lipinski definition) is 1. The summed E-state index contributed by atoms with van der Waals surface area (Å²) >= 11 is 0. The maximum absolute atomic E-state index is 12.2. The van der Waals surface area contributed by atoms with Crippen molar-refractivity contribution in [2.24, 2.45) is 10.7 Å². The van der Waals surface area contributed by atoms with Gasteiger partial charge >= 0.3 is 6.09 Å². The highest BCUT2D eigenvalue weighted by molar-refractivity contribution is 14.0. The van der Waals surface area contributed by atoms with Crippen LogP contribution in [0.2, 0.25) is 0 Å². The third-order valence-corrected chi connectivity index (χ3v) is 4.74. The fourth-order valence-electron chi connectivity index (χ4n) is 2.96. The lowest BCUT2D eigenvalue weighted by atomic mass is 9.84. The summed E-state index contributed by atoms with van der Waals surface area (Å²) in [4.78, 5) is 20.5. The van der Waals surface area contributed by atoms with Gasteiger partial charge in [0, 0.05) is 31.6 Å². The molecule has 1 aromatic rings. The molecule has 1 amide bonds. The Hall–Kier alpha value is -1.71. The molecule has 164 valence electrons. The SMILES string of the molecule is COc1cccc(C(C)(C)CN=C(N)N2CCN(C(=O)OC(C)(C)C)CC2)c1.I. The van der Waals surface area contributed by atoms with E-state index in [1.807, 2.05) is 43.9 Å². The van der Waals surface area contributed by atoms with Crippen molar-refractivity contribution in [3.63, 3.8) is 0 Å². The number of rotatable bonds is 4. The first-order valence-corrected chi connectivity index (χ1v) is 9.69. The maximum Gasteiger partial charge on any atom is 0.410 e. The summed E-state index contributed by atoms with van der Waals surface area (Å²) in [5.74, 6) is 1.35. The number of guanidine groups is 1. The lowest BCUT2D eigenvalue weighted by molar-refractivity contribution is 0.0186. The number of halogens is 1. The van der Waals surface area contributed by atoms with Gasteiger partial charge in [-0.1, -0.05) is 26.0 Å². The van der Waals surface area contributed by atoms with Crippen molar-refractivity contribution in [3.8, 4) is 5.75 Å². The largest absolute Gasteiger partial charge is 0.497 e. The van der Waals surface area contributed by atoms with Crippen molar-refractivity contribution in [1.29, 1.82) is 0 Å². The number of piperazine rings is 1. The van der Waals surface area contributed by atoms with E-state index in [1.165, 1.54) is 0 Å². The number of aliphatic imine (C=N–C) groups is 1. The van der Waals surface area contributed by atoms with Crippen LogP contribution in [-0.2, 0) is 10.2 Å². The zero-order valence-corrected chi connectivity index (χ0v) is 20.7. The predicted octanol–water partition coefficient (Wildman–Crippen LogP) is 3.46. The average molecular weight is 518 g/mol. The molecule has 0 bridgehead atoms. The van der Waals surface area contributed by atoms with E-state index in [1.54, 1.807) is 12.0 Å². The minimum absolute atomic E-state index is 0. The first-order chi connectivity index (χ1) is 13.0. The molecule has 2 rings (SSSR count). The van der Waals surface area contributed by atoms with Gasteiger partial charge in [0.2, 0.25) is 0 Å². The number of carbonyl (C=O) groups excluding carboxylic acids is 1. The summed E-state index contributed by atoms with van der Waals surface area (Å²) < 4.78 is 10.7. The molecule has 0 atom stereocenters. The lowest BCUT2D eigenvalue weighted by Gasteiger charge is -2.36. The highest BCUT2D eigenvalue weighted by atomic mass is 127. The quantitative estimate of drug-likeness (QED) is 0.375. The van der Waals surface area contributed by atoms with Gasteiger partial charge in [0.05, 0.1) is 13.7 Å². The number of ether oxygens (including phenoxy) is 2. The van der Waals surface area contributed by atoms with Crippen LogP contribution in [-0.4, -0.2) is 67.3 Å². The number of carbonyl (C=O) groups is 1. The predicted molar refractivity (Wildman–Crippen MR) is 127 cm³/mol. The Morgan fingerprint density at radius 2 is 1.69 bits per heavy atom. The van der Waals surface area contributed by atoms with E-state index >= 15 is 0 Å². The Labute approximate surface area is 191 Å². The van der Waals surface area contributed by atoms with Gasteiger partial charge in [0.1, 0.15) is 11.4 Å².